The Morgan fingerprint density at radius 2 is 2.18 bits per heavy atom. The number of halogens is 3. The predicted molar refractivity (Wildman–Crippen MR) is 38.8 cm³/mol. The third kappa shape index (κ3) is 5.09. The van der Waals surface area contributed by atoms with Gasteiger partial charge in [0.15, 0.2) is 0 Å². The normalized spacial score (nSPS) is 13.2. The van der Waals surface area contributed by atoms with E-state index < -0.39 is 25.0 Å². The molecule has 2 N–H and O–H groups in total. The lowest BCUT2D eigenvalue weighted by Gasteiger charge is -2.08. The van der Waals surface area contributed by atoms with Crippen molar-refractivity contribution >= 4 is 21.8 Å². The van der Waals surface area contributed by atoms with E-state index in [1.54, 1.807) is 0 Å². The first-order valence-corrected chi connectivity index (χ1v) is 3.99. The van der Waals surface area contributed by atoms with Crippen LogP contribution >= 0.6 is 15.9 Å². The minimum atomic E-state index is -2.81. The van der Waals surface area contributed by atoms with Gasteiger partial charge in [0, 0.05) is 6.54 Å². The number of carbonyl (C=O) groups is 1. The van der Waals surface area contributed by atoms with E-state index in [9.17, 15) is 13.6 Å². The molecule has 0 saturated heterocycles. The summed E-state index contributed by atoms with van der Waals surface area (Å²) in [6.45, 7) is -0.415. The van der Waals surface area contributed by atoms with Crippen LogP contribution in [0.2, 0.25) is 0 Å². The van der Waals surface area contributed by atoms with E-state index in [-0.39, 0.29) is 5.33 Å². The Bertz CT molecular complexity index is 134. The average molecular weight is 232 g/mol. The highest BCUT2D eigenvalue weighted by atomic mass is 79.9. The molecule has 0 rings (SSSR count). The van der Waals surface area contributed by atoms with Crippen molar-refractivity contribution in [2.24, 2.45) is 0 Å². The summed E-state index contributed by atoms with van der Waals surface area (Å²) in [6, 6.07) is 0. The quantitative estimate of drug-likeness (QED) is 0.676. The van der Waals surface area contributed by atoms with E-state index in [0.717, 1.165) is 0 Å². The van der Waals surface area contributed by atoms with Crippen LogP contribution in [0.3, 0.4) is 0 Å². The number of alkyl halides is 3. The Kier molecular flexibility index (Phi) is 5.31. The molecule has 0 fully saturated rings. The number of carbonyl (C=O) groups excluding carboxylic acids is 1. The molecule has 0 saturated carbocycles. The monoisotopic (exact) mass is 231 g/mol. The molecular formula is C5H8BrF2NO2. The maximum absolute atomic E-state index is 11.6. The van der Waals surface area contributed by atoms with Crippen molar-refractivity contribution in [2.45, 2.75) is 12.5 Å². The first-order valence-electron chi connectivity index (χ1n) is 2.86. The minimum absolute atomic E-state index is 0.0446. The molecule has 0 radical (unpaired) electrons. The molecule has 1 unspecified atom stereocenters. The van der Waals surface area contributed by atoms with E-state index in [1.807, 2.05) is 0 Å². The number of aliphatic hydroxyl groups excluding tert-OH is 1. The minimum Gasteiger partial charge on any atom is -0.385 e. The van der Waals surface area contributed by atoms with Crippen LogP contribution in [0.5, 0.6) is 0 Å². The first kappa shape index (κ1) is 10.8. The second kappa shape index (κ2) is 5.42. The molecule has 0 aromatic rings. The summed E-state index contributed by atoms with van der Waals surface area (Å²) in [4.78, 5) is 10.4. The lowest BCUT2D eigenvalue weighted by atomic mass is 10.4. The van der Waals surface area contributed by atoms with E-state index in [0.29, 0.717) is 0 Å². The second-order valence-corrected chi connectivity index (χ2v) is 2.40. The highest BCUT2D eigenvalue weighted by molar-refractivity contribution is 9.09. The fraction of sp³-hybridized carbons (Fsp3) is 0.800. The zero-order valence-corrected chi connectivity index (χ0v) is 7.14. The molecule has 0 aliphatic rings. The standard InChI is InChI=1S/C5H8BrF2NO2/c6-1-4(11)9-2-3(10)5(7)8/h3,5,10H,1-2H2,(H,9,11). The highest BCUT2D eigenvalue weighted by Crippen LogP contribution is 1.98. The summed E-state index contributed by atoms with van der Waals surface area (Å²) in [6.07, 6.45) is -4.59. The van der Waals surface area contributed by atoms with Gasteiger partial charge in [-0.1, -0.05) is 15.9 Å². The van der Waals surface area contributed by atoms with Crippen LogP contribution in [-0.2, 0) is 4.79 Å². The van der Waals surface area contributed by atoms with E-state index >= 15 is 0 Å². The molecule has 0 aliphatic heterocycles. The molecular weight excluding hydrogens is 224 g/mol. The van der Waals surface area contributed by atoms with E-state index in [4.69, 9.17) is 5.11 Å². The second-order valence-electron chi connectivity index (χ2n) is 1.84. The number of hydrogen-bond acceptors (Lipinski definition) is 2. The zero-order valence-electron chi connectivity index (χ0n) is 5.56. The average Bonchev–Trinajstić information content (AvgIpc) is 1.99. The summed E-state index contributed by atoms with van der Waals surface area (Å²) in [5, 5.41) is 10.6. The summed E-state index contributed by atoms with van der Waals surface area (Å²) in [5.74, 6) is -0.426. The number of hydrogen-bond donors (Lipinski definition) is 2. The topological polar surface area (TPSA) is 49.3 Å². The number of aliphatic hydroxyl groups is 1. The van der Waals surface area contributed by atoms with Crippen LogP contribution in [0.1, 0.15) is 0 Å². The Hall–Kier alpha value is -0.230. The zero-order chi connectivity index (χ0) is 8.85. The molecule has 1 amide bonds. The van der Waals surface area contributed by atoms with Crippen molar-refractivity contribution in [3.8, 4) is 0 Å². The van der Waals surface area contributed by atoms with Crippen LogP contribution in [0.15, 0.2) is 0 Å². The van der Waals surface area contributed by atoms with Gasteiger partial charge >= 0.3 is 0 Å². The van der Waals surface area contributed by atoms with E-state index in [1.165, 1.54) is 0 Å². The maximum atomic E-state index is 11.6. The molecule has 0 bridgehead atoms. The van der Waals surface area contributed by atoms with Gasteiger partial charge in [-0.2, -0.15) is 0 Å². The fourth-order valence-corrected chi connectivity index (χ4v) is 0.553. The smallest absolute Gasteiger partial charge is 0.265 e. The molecule has 11 heavy (non-hydrogen) atoms. The Morgan fingerprint density at radius 1 is 1.64 bits per heavy atom. The molecule has 0 aliphatic carbocycles. The third-order valence-corrected chi connectivity index (χ3v) is 1.43. The van der Waals surface area contributed by atoms with Gasteiger partial charge in [-0.3, -0.25) is 4.79 Å². The molecule has 0 heterocycles. The van der Waals surface area contributed by atoms with Gasteiger partial charge in [0.25, 0.3) is 6.43 Å². The van der Waals surface area contributed by atoms with Crippen LogP contribution < -0.4 is 5.32 Å². The van der Waals surface area contributed by atoms with Crippen molar-refractivity contribution in [1.82, 2.24) is 5.32 Å². The largest absolute Gasteiger partial charge is 0.385 e. The van der Waals surface area contributed by atoms with Gasteiger partial charge in [0.1, 0.15) is 6.10 Å². The van der Waals surface area contributed by atoms with Gasteiger partial charge in [0.2, 0.25) is 5.91 Å². The van der Waals surface area contributed by atoms with Crippen LogP contribution in [0.4, 0.5) is 8.78 Å². The Labute approximate surface area is 70.9 Å². The van der Waals surface area contributed by atoms with Gasteiger partial charge in [-0.15, -0.1) is 0 Å². The lowest BCUT2D eigenvalue weighted by molar-refractivity contribution is -0.119. The first-order chi connectivity index (χ1) is 5.07. The van der Waals surface area contributed by atoms with Crippen LogP contribution in [0.25, 0.3) is 0 Å². The lowest BCUT2D eigenvalue weighted by Crippen LogP contribution is -2.36. The maximum Gasteiger partial charge on any atom is 0.265 e. The van der Waals surface area contributed by atoms with Crippen molar-refractivity contribution in [3.05, 3.63) is 0 Å². The SMILES string of the molecule is O=C(CBr)NCC(O)C(F)F. The number of rotatable bonds is 4. The highest BCUT2D eigenvalue weighted by Gasteiger charge is 2.16. The summed E-state index contributed by atoms with van der Waals surface area (Å²) < 4.78 is 23.1. The van der Waals surface area contributed by atoms with Crippen molar-refractivity contribution in [1.29, 1.82) is 0 Å². The molecule has 0 aromatic heterocycles. The van der Waals surface area contributed by atoms with Crippen molar-refractivity contribution < 1.29 is 18.7 Å². The van der Waals surface area contributed by atoms with E-state index in [2.05, 4.69) is 21.2 Å². The third-order valence-electron chi connectivity index (χ3n) is 0.921. The number of amides is 1. The van der Waals surface area contributed by atoms with Crippen LogP contribution in [-0.4, -0.2) is 35.4 Å². The summed E-state index contributed by atoms with van der Waals surface area (Å²) >= 11 is 2.82. The van der Waals surface area contributed by atoms with Gasteiger partial charge < -0.3 is 10.4 Å². The van der Waals surface area contributed by atoms with Crippen molar-refractivity contribution in [3.63, 3.8) is 0 Å². The number of nitrogens with one attached hydrogen (secondary N) is 1. The Morgan fingerprint density at radius 3 is 2.55 bits per heavy atom. The van der Waals surface area contributed by atoms with Gasteiger partial charge in [0.05, 0.1) is 5.33 Å². The van der Waals surface area contributed by atoms with Crippen molar-refractivity contribution in [2.75, 3.05) is 11.9 Å². The van der Waals surface area contributed by atoms with Crippen LogP contribution in [0, 0.1) is 0 Å². The molecule has 6 heteroatoms. The fourth-order valence-electron chi connectivity index (χ4n) is 0.355. The molecule has 1 atom stereocenters. The molecule has 0 aromatic carbocycles. The molecule has 0 spiro atoms. The summed E-state index contributed by atoms with van der Waals surface area (Å²) in [7, 11) is 0. The molecule has 66 valence electrons. The summed E-state index contributed by atoms with van der Waals surface area (Å²) in [5.41, 5.74) is 0. The van der Waals surface area contributed by atoms with Gasteiger partial charge in [-0.05, 0) is 0 Å². The molecule has 3 nitrogen and oxygen atoms in total. The van der Waals surface area contributed by atoms with Gasteiger partial charge in [-0.25, -0.2) is 8.78 Å². The predicted octanol–water partition coefficient (Wildman–Crippen LogP) is 0.124. The Balaban J connectivity index is 3.45.